The predicted octanol–water partition coefficient (Wildman–Crippen LogP) is 3.71. The smallest absolute Gasteiger partial charge is 0.246 e. The maximum Gasteiger partial charge on any atom is 0.246 e. The van der Waals surface area contributed by atoms with Crippen molar-refractivity contribution in [2.45, 2.75) is 18.9 Å². The van der Waals surface area contributed by atoms with E-state index in [1.807, 2.05) is 65.6 Å². The minimum atomic E-state index is 0.0438. The van der Waals surface area contributed by atoms with Gasteiger partial charge in [-0.25, -0.2) is 0 Å². The Labute approximate surface area is 158 Å². The molecular formula is C22H21N3O2. The molecule has 0 unspecified atom stereocenters. The fourth-order valence-electron chi connectivity index (χ4n) is 3.28. The van der Waals surface area contributed by atoms with Crippen molar-refractivity contribution in [3.8, 4) is 5.88 Å². The molecule has 4 rings (SSSR count). The molecular weight excluding hydrogens is 338 g/mol. The Balaban J connectivity index is 1.35. The number of piperidine rings is 1. The summed E-state index contributed by atoms with van der Waals surface area (Å²) >= 11 is 0. The van der Waals surface area contributed by atoms with Gasteiger partial charge in [0.15, 0.2) is 0 Å². The first-order valence-electron chi connectivity index (χ1n) is 9.19. The second-order valence-corrected chi connectivity index (χ2v) is 6.62. The number of hydrogen-bond acceptors (Lipinski definition) is 4. The Kier molecular flexibility index (Phi) is 5.10. The molecule has 5 heteroatoms. The van der Waals surface area contributed by atoms with E-state index in [1.165, 1.54) is 0 Å². The molecule has 1 aliphatic heterocycles. The van der Waals surface area contributed by atoms with Crippen LogP contribution >= 0.6 is 0 Å². The second kappa shape index (κ2) is 7.99. The Morgan fingerprint density at radius 3 is 2.59 bits per heavy atom. The lowest BCUT2D eigenvalue weighted by Crippen LogP contribution is -2.41. The summed E-state index contributed by atoms with van der Waals surface area (Å²) in [5.74, 6) is 0.615. The van der Waals surface area contributed by atoms with Gasteiger partial charge in [-0.15, -0.1) is 5.10 Å². The minimum absolute atomic E-state index is 0.0438. The lowest BCUT2D eigenvalue weighted by atomic mass is 10.1. The second-order valence-electron chi connectivity index (χ2n) is 6.62. The van der Waals surface area contributed by atoms with Crippen LogP contribution in [0, 0.1) is 0 Å². The van der Waals surface area contributed by atoms with Crippen LogP contribution in [-0.4, -0.2) is 40.2 Å². The number of likely N-dealkylation sites (tertiary alicyclic amines) is 1. The summed E-state index contributed by atoms with van der Waals surface area (Å²) in [6.45, 7) is 1.36. The molecule has 5 nitrogen and oxygen atoms in total. The van der Waals surface area contributed by atoms with Crippen LogP contribution in [0.2, 0.25) is 0 Å². The highest BCUT2D eigenvalue weighted by atomic mass is 16.5. The van der Waals surface area contributed by atoms with Gasteiger partial charge in [0.25, 0.3) is 0 Å². The van der Waals surface area contributed by atoms with Gasteiger partial charge in [0.2, 0.25) is 11.8 Å². The summed E-state index contributed by atoms with van der Waals surface area (Å²) in [6, 6.07) is 17.8. The van der Waals surface area contributed by atoms with Crippen molar-refractivity contribution >= 4 is 22.8 Å². The quantitative estimate of drug-likeness (QED) is 0.667. The molecule has 1 aliphatic rings. The van der Waals surface area contributed by atoms with Gasteiger partial charge in [-0.05, 0) is 17.7 Å². The number of nitrogens with zero attached hydrogens (tertiary/aromatic N) is 3. The number of amides is 1. The van der Waals surface area contributed by atoms with Gasteiger partial charge in [0.05, 0.1) is 6.20 Å². The summed E-state index contributed by atoms with van der Waals surface area (Å²) < 4.78 is 6.10. The van der Waals surface area contributed by atoms with Crippen LogP contribution < -0.4 is 4.74 Å². The average molecular weight is 359 g/mol. The van der Waals surface area contributed by atoms with Crippen LogP contribution in [0.3, 0.4) is 0 Å². The molecule has 2 aromatic carbocycles. The molecule has 0 spiro atoms. The molecule has 3 aromatic rings. The number of rotatable bonds is 4. The largest absolute Gasteiger partial charge is 0.473 e. The minimum Gasteiger partial charge on any atom is -0.473 e. The van der Waals surface area contributed by atoms with E-state index in [2.05, 4.69) is 10.2 Å². The number of benzene rings is 2. The molecule has 0 aliphatic carbocycles. The first kappa shape index (κ1) is 17.2. The van der Waals surface area contributed by atoms with Crippen molar-refractivity contribution in [2.75, 3.05) is 13.1 Å². The summed E-state index contributed by atoms with van der Waals surface area (Å²) in [7, 11) is 0. The molecule has 0 saturated carbocycles. The highest BCUT2D eigenvalue weighted by Gasteiger charge is 2.23. The van der Waals surface area contributed by atoms with Gasteiger partial charge in [-0.1, -0.05) is 48.5 Å². The van der Waals surface area contributed by atoms with Crippen molar-refractivity contribution in [1.29, 1.82) is 0 Å². The van der Waals surface area contributed by atoms with Crippen LogP contribution in [0.4, 0.5) is 0 Å². The third-order valence-electron chi connectivity index (χ3n) is 4.79. The molecule has 27 heavy (non-hydrogen) atoms. The monoisotopic (exact) mass is 359 g/mol. The summed E-state index contributed by atoms with van der Waals surface area (Å²) in [5, 5.41) is 10.2. The lowest BCUT2D eigenvalue weighted by molar-refractivity contribution is -0.127. The normalized spacial score (nSPS) is 15.3. The zero-order valence-electron chi connectivity index (χ0n) is 15.0. The summed E-state index contributed by atoms with van der Waals surface area (Å²) in [4.78, 5) is 14.3. The third kappa shape index (κ3) is 4.14. The van der Waals surface area contributed by atoms with Crippen LogP contribution in [0.5, 0.6) is 5.88 Å². The highest BCUT2D eigenvalue weighted by molar-refractivity contribution is 5.91. The van der Waals surface area contributed by atoms with E-state index < -0.39 is 0 Å². The zero-order valence-corrected chi connectivity index (χ0v) is 15.0. The molecule has 2 heterocycles. The van der Waals surface area contributed by atoms with E-state index in [9.17, 15) is 4.79 Å². The van der Waals surface area contributed by atoms with E-state index in [0.29, 0.717) is 19.0 Å². The van der Waals surface area contributed by atoms with Gasteiger partial charge >= 0.3 is 0 Å². The molecule has 1 fully saturated rings. The molecule has 1 amide bonds. The Morgan fingerprint density at radius 1 is 1.04 bits per heavy atom. The molecule has 1 aromatic heterocycles. The molecule has 136 valence electrons. The highest BCUT2D eigenvalue weighted by Crippen LogP contribution is 2.25. The predicted molar refractivity (Wildman–Crippen MR) is 105 cm³/mol. The van der Waals surface area contributed by atoms with Crippen LogP contribution in [0.1, 0.15) is 18.4 Å². The molecule has 0 radical (unpaired) electrons. The fourth-order valence-corrected chi connectivity index (χ4v) is 3.28. The van der Waals surface area contributed by atoms with Crippen molar-refractivity contribution in [1.82, 2.24) is 15.1 Å². The van der Waals surface area contributed by atoms with Gasteiger partial charge in [-0.2, -0.15) is 5.10 Å². The summed E-state index contributed by atoms with van der Waals surface area (Å²) in [6.07, 6.45) is 6.87. The van der Waals surface area contributed by atoms with Crippen molar-refractivity contribution in [3.63, 3.8) is 0 Å². The third-order valence-corrected chi connectivity index (χ3v) is 4.79. The Hall–Kier alpha value is -3.21. The van der Waals surface area contributed by atoms with E-state index in [-0.39, 0.29) is 12.0 Å². The fraction of sp³-hybridized carbons (Fsp3) is 0.227. The zero-order chi connectivity index (χ0) is 18.5. The van der Waals surface area contributed by atoms with Crippen molar-refractivity contribution < 1.29 is 9.53 Å². The average Bonchev–Trinajstić information content (AvgIpc) is 2.74. The van der Waals surface area contributed by atoms with Gasteiger partial charge in [-0.3, -0.25) is 4.79 Å². The van der Waals surface area contributed by atoms with E-state index in [1.54, 1.807) is 12.3 Å². The maximum absolute atomic E-state index is 12.4. The van der Waals surface area contributed by atoms with Crippen LogP contribution in [0.15, 0.2) is 66.9 Å². The van der Waals surface area contributed by atoms with Crippen molar-refractivity contribution in [3.05, 3.63) is 72.4 Å². The topological polar surface area (TPSA) is 55.3 Å². The standard InChI is InChI=1S/C22H21N3O2/c26-21(11-10-17-6-2-1-3-7-17)25-14-12-19(13-15-25)27-22-20-9-5-4-8-18(20)16-23-24-22/h1-11,16,19H,12-15H2/b11-10+. The maximum atomic E-state index is 12.4. The summed E-state index contributed by atoms with van der Waals surface area (Å²) in [5.41, 5.74) is 1.03. The number of ether oxygens (including phenoxy) is 1. The van der Waals surface area contributed by atoms with E-state index >= 15 is 0 Å². The van der Waals surface area contributed by atoms with Gasteiger partial charge in [0.1, 0.15) is 6.10 Å². The Bertz CT molecular complexity index is 943. The number of carbonyl (C=O) groups is 1. The first-order chi connectivity index (χ1) is 13.3. The lowest BCUT2D eigenvalue weighted by Gasteiger charge is -2.31. The van der Waals surface area contributed by atoms with Crippen LogP contribution in [-0.2, 0) is 4.79 Å². The molecule has 0 N–H and O–H groups in total. The number of hydrogen-bond donors (Lipinski definition) is 0. The van der Waals surface area contributed by atoms with E-state index in [0.717, 1.165) is 29.2 Å². The van der Waals surface area contributed by atoms with Crippen molar-refractivity contribution in [2.24, 2.45) is 0 Å². The Morgan fingerprint density at radius 2 is 1.78 bits per heavy atom. The van der Waals surface area contributed by atoms with Crippen LogP contribution in [0.25, 0.3) is 16.8 Å². The number of aromatic nitrogens is 2. The first-order valence-corrected chi connectivity index (χ1v) is 9.19. The SMILES string of the molecule is O=C(/C=C/c1ccccc1)N1CCC(Oc2nncc3ccccc23)CC1. The van der Waals surface area contributed by atoms with E-state index in [4.69, 9.17) is 4.74 Å². The van der Waals surface area contributed by atoms with Gasteiger partial charge < -0.3 is 9.64 Å². The number of fused-ring (bicyclic) bond motifs is 1. The number of carbonyl (C=O) groups excluding carboxylic acids is 1. The van der Waals surface area contributed by atoms with Gasteiger partial charge in [0, 0.05) is 42.8 Å². The molecule has 0 atom stereocenters. The molecule has 1 saturated heterocycles. The molecule has 0 bridgehead atoms.